The standard InChI is InChI=1S/C17H24N6O4/c1-3-4-5-6-12(10-23(26)11-24)16(25)20-22-17-18-14-8-7-13(27-2)9-15(14)19-21-17/h7-9,11-12,26H,3-6,10H2,1-2H3,(H,20,25)(H,18,21,22). The Labute approximate surface area is 156 Å². The molecule has 1 unspecified atom stereocenters. The fourth-order valence-electron chi connectivity index (χ4n) is 2.53. The van der Waals surface area contributed by atoms with E-state index in [1.54, 1.807) is 25.3 Å². The predicted octanol–water partition coefficient (Wildman–Crippen LogP) is 1.52. The number of ether oxygens (including phenoxy) is 1. The van der Waals surface area contributed by atoms with Crippen LogP contribution in [0.3, 0.4) is 0 Å². The molecule has 1 aromatic carbocycles. The lowest BCUT2D eigenvalue weighted by molar-refractivity contribution is -0.154. The Hall–Kier alpha value is -3.01. The third-order valence-corrected chi connectivity index (χ3v) is 4.01. The molecule has 0 spiro atoms. The number of hydrazine groups is 1. The summed E-state index contributed by atoms with van der Waals surface area (Å²) < 4.78 is 5.12. The molecule has 0 saturated heterocycles. The van der Waals surface area contributed by atoms with Gasteiger partial charge in [0.05, 0.1) is 25.1 Å². The molecule has 0 bridgehead atoms. The number of nitrogens with zero attached hydrogens (tertiary/aromatic N) is 4. The van der Waals surface area contributed by atoms with Crippen molar-refractivity contribution < 1.29 is 19.5 Å². The number of hydroxylamine groups is 2. The van der Waals surface area contributed by atoms with E-state index < -0.39 is 5.92 Å². The van der Waals surface area contributed by atoms with E-state index in [9.17, 15) is 14.8 Å². The number of hydrogen-bond donors (Lipinski definition) is 3. The van der Waals surface area contributed by atoms with Crippen molar-refractivity contribution in [2.45, 2.75) is 32.6 Å². The molecule has 3 N–H and O–H groups in total. The van der Waals surface area contributed by atoms with Gasteiger partial charge in [0.25, 0.3) is 5.95 Å². The van der Waals surface area contributed by atoms with Gasteiger partial charge in [0.15, 0.2) is 0 Å². The quantitative estimate of drug-likeness (QED) is 0.233. The first-order chi connectivity index (χ1) is 13.1. The van der Waals surface area contributed by atoms with Gasteiger partial charge >= 0.3 is 0 Å². The van der Waals surface area contributed by atoms with Crippen molar-refractivity contribution in [3.8, 4) is 5.75 Å². The highest BCUT2D eigenvalue weighted by molar-refractivity contribution is 5.80. The lowest BCUT2D eigenvalue weighted by Crippen LogP contribution is -2.40. The second kappa shape index (κ2) is 10.2. The number of unbranched alkanes of at least 4 members (excludes halogenated alkanes) is 2. The van der Waals surface area contributed by atoms with Crippen LogP contribution in [0.1, 0.15) is 32.6 Å². The molecule has 146 valence electrons. The maximum Gasteiger partial charge on any atom is 0.262 e. The van der Waals surface area contributed by atoms with Crippen LogP contribution in [0, 0.1) is 5.92 Å². The van der Waals surface area contributed by atoms with Crippen molar-refractivity contribution in [3.05, 3.63) is 18.2 Å². The third kappa shape index (κ3) is 6.03. The first-order valence-electron chi connectivity index (χ1n) is 8.72. The fraction of sp³-hybridized carbons (Fsp3) is 0.471. The first kappa shape index (κ1) is 20.3. The number of anilines is 1. The molecule has 0 radical (unpaired) electrons. The lowest BCUT2D eigenvalue weighted by atomic mass is 10.0. The van der Waals surface area contributed by atoms with Crippen molar-refractivity contribution in [2.75, 3.05) is 19.1 Å². The number of hydrogen-bond acceptors (Lipinski definition) is 8. The summed E-state index contributed by atoms with van der Waals surface area (Å²) in [5.74, 6) is -0.154. The molecule has 0 saturated carbocycles. The molecule has 2 rings (SSSR count). The SMILES string of the molecule is CCCCCC(CN(O)C=O)C(=O)NNc1nnc2cc(OC)ccc2n1. The Morgan fingerprint density at radius 3 is 2.85 bits per heavy atom. The van der Waals surface area contributed by atoms with Crippen molar-refractivity contribution in [1.82, 2.24) is 25.7 Å². The highest BCUT2D eigenvalue weighted by Crippen LogP contribution is 2.17. The normalized spacial score (nSPS) is 11.7. The van der Waals surface area contributed by atoms with Gasteiger partial charge < -0.3 is 4.74 Å². The largest absolute Gasteiger partial charge is 0.497 e. The minimum atomic E-state index is -0.558. The summed E-state index contributed by atoms with van der Waals surface area (Å²) in [6, 6.07) is 5.19. The molecule has 0 aliphatic carbocycles. The predicted molar refractivity (Wildman–Crippen MR) is 97.8 cm³/mol. The number of carbonyl (C=O) groups is 2. The molecule has 0 aliphatic heterocycles. The summed E-state index contributed by atoms with van der Waals surface area (Å²) in [5.41, 5.74) is 6.28. The van der Waals surface area contributed by atoms with Crippen LogP contribution in [-0.2, 0) is 9.59 Å². The van der Waals surface area contributed by atoms with Gasteiger partial charge in [-0.1, -0.05) is 26.2 Å². The van der Waals surface area contributed by atoms with Gasteiger partial charge in [-0.05, 0) is 18.6 Å². The van der Waals surface area contributed by atoms with Crippen LogP contribution < -0.4 is 15.6 Å². The average Bonchev–Trinajstić information content (AvgIpc) is 2.70. The van der Waals surface area contributed by atoms with Crippen molar-refractivity contribution in [2.24, 2.45) is 5.92 Å². The van der Waals surface area contributed by atoms with Crippen LogP contribution in [0.2, 0.25) is 0 Å². The summed E-state index contributed by atoms with van der Waals surface area (Å²) >= 11 is 0. The van der Waals surface area contributed by atoms with Gasteiger partial charge in [0, 0.05) is 6.07 Å². The maximum absolute atomic E-state index is 12.4. The molecule has 2 amide bonds. The number of benzene rings is 1. The van der Waals surface area contributed by atoms with E-state index >= 15 is 0 Å². The molecular formula is C17H24N6O4. The number of nitrogens with one attached hydrogen (secondary N) is 2. The van der Waals surface area contributed by atoms with E-state index in [1.165, 1.54) is 0 Å². The van der Waals surface area contributed by atoms with Crippen molar-refractivity contribution in [1.29, 1.82) is 0 Å². The van der Waals surface area contributed by atoms with Crippen molar-refractivity contribution >= 4 is 29.3 Å². The molecule has 1 aromatic heterocycles. The van der Waals surface area contributed by atoms with Crippen LogP contribution in [0.5, 0.6) is 5.75 Å². The Morgan fingerprint density at radius 1 is 1.33 bits per heavy atom. The molecule has 1 heterocycles. The third-order valence-electron chi connectivity index (χ3n) is 4.01. The molecular weight excluding hydrogens is 352 g/mol. The Kier molecular flexibility index (Phi) is 7.68. The van der Waals surface area contributed by atoms with Crippen LogP contribution in [0.15, 0.2) is 18.2 Å². The maximum atomic E-state index is 12.4. The zero-order valence-electron chi connectivity index (χ0n) is 15.4. The van der Waals surface area contributed by atoms with E-state index in [0.29, 0.717) is 28.3 Å². The number of rotatable bonds is 11. The first-order valence-corrected chi connectivity index (χ1v) is 8.72. The van der Waals surface area contributed by atoms with E-state index in [2.05, 4.69) is 33.0 Å². The summed E-state index contributed by atoms with van der Waals surface area (Å²) in [6.45, 7) is 1.97. The zero-order chi connectivity index (χ0) is 19.6. The number of aromatic nitrogens is 3. The van der Waals surface area contributed by atoms with Gasteiger partial charge in [0.1, 0.15) is 11.3 Å². The van der Waals surface area contributed by atoms with Crippen LogP contribution >= 0.6 is 0 Å². The topological polar surface area (TPSA) is 130 Å². The van der Waals surface area contributed by atoms with Crippen LogP contribution in [0.25, 0.3) is 11.0 Å². The Morgan fingerprint density at radius 2 is 2.15 bits per heavy atom. The number of methoxy groups -OCH3 is 1. The van der Waals surface area contributed by atoms with E-state index in [1.807, 2.05) is 0 Å². The molecule has 0 aliphatic rings. The van der Waals surface area contributed by atoms with Crippen molar-refractivity contribution in [3.63, 3.8) is 0 Å². The highest BCUT2D eigenvalue weighted by Gasteiger charge is 2.20. The lowest BCUT2D eigenvalue weighted by Gasteiger charge is -2.19. The minimum absolute atomic E-state index is 0.0860. The molecule has 10 heteroatoms. The van der Waals surface area contributed by atoms with Gasteiger partial charge in [0.2, 0.25) is 12.3 Å². The van der Waals surface area contributed by atoms with E-state index in [-0.39, 0.29) is 24.8 Å². The fourth-order valence-corrected chi connectivity index (χ4v) is 2.53. The number of fused-ring (bicyclic) bond motifs is 1. The monoisotopic (exact) mass is 376 g/mol. The van der Waals surface area contributed by atoms with E-state index in [0.717, 1.165) is 19.3 Å². The summed E-state index contributed by atoms with van der Waals surface area (Å²) in [5, 5.41) is 17.8. The summed E-state index contributed by atoms with van der Waals surface area (Å²) in [7, 11) is 1.56. The zero-order valence-corrected chi connectivity index (χ0v) is 15.4. The Bertz CT molecular complexity index is 772. The number of amides is 2. The van der Waals surface area contributed by atoms with Gasteiger partial charge in [-0.2, -0.15) is 0 Å². The molecule has 0 fully saturated rings. The summed E-state index contributed by atoms with van der Waals surface area (Å²) in [4.78, 5) is 27.3. The van der Waals surface area contributed by atoms with Crippen LogP contribution in [-0.4, -0.2) is 51.4 Å². The molecule has 10 nitrogen and oxygen atoms in total. The van der Waals surface area contributed by atoms with Gasteiger partial charge in [-0.3, -0.25) is 25.6 Å². The van der Waals surface area contributed by atoms with Gasteiger partial charge in [-0.15, -0.1) is 10.2 Å². The average molecular weight is 376 g/mol. The van der Waals surface area contributed by atoms with Crippen LogP contribution in [0.4, 0.5) is 5.95 Å². The summed E-state index contributed by atoms with van der Waals surface area (Å²) in [6.07, 6.45) is 3.60. The molecule has 27 heavy (non-hydrogen) atoms. The second-order valence-electron chi connectivity index (χ2n) is 6.02. The molecule has 2 aromatic rings. The highest BCUT2D eigenvalue weighted by atomic mass is 16.5. The minimum Gasteiger partial charge on any atom is -0.497 e. The smallest absolute Gasteiger partial charge is 0.262 e. The second-order valence-corrected chi connectivity index (χ2v) is 6.02. The Balaban J connectivity index is 1.99. The number of carbonyl (C=O) groups excluding carboxylic acids is 2. The van der Waals surface area contributed by atoms with E-state index in [4.69, 9.17) is 4.74 Å². The van der Waals surface area contributed by atoms with Gasteiger partial charge in [-0.25, -0.2) is 10.0 Å². The molecule has 1 atom stereocenters.